The summed E-state index contributed by atoms with van der Waals surface area (Å²) in [5, 5.41) is 6.72. The largest absolute Gasteiger partial charge is 0.345 e. The zero-order chi connectivity index (χ0) is 19.5. The van der Waals surface area contributed by atoms with E-state index in [1.54, 1.807) is 24.3 Å². The van der Waals surface area contributed by atoms with Crippen molar-refractivity contribution in [1.29, 1.82) is 0 Å². The smallest absolute Gasteiger partial charge is 0.316 e. The number of amides is 1. The zero-order valence-electron chi connectivity index (χ0n) is 15.3. The van der Waals surface area contributed by atoms with Crippen LogP contribution in [0.15, 0.2) is 28.8 Å². The van der Waals surface area contributed by atoms with Crippen LogP contribution in [0.3, 0.4) is 0 Å². The molecule has 3 aromatic rings. The minimum absolute atomic E-state index is 0.0552. The summed E-state index contributed by atoms with van der Waals surface area (Å²) < 4.78 is 33.2. The van der Waals surface area contributed by atoms with E-state index in [1.165, 1.54) is 17.4 Å². The number of hydrogen-bond acceptors (Lipinski definition) is 5. The monoisotopic (exact) mass is 389 g/mol. The molecule has 1 N–H and O–H groups in total. The standard InChI is InChI=1S/C19H21F2N5O2/c20-16(21)17-23-13-9-5-6-10-14(13)26(17)11-15-24-19(28-25-15)18(27)22-12-7-3-1-2-4-8-12/h5-6,9-10,12,16H,1-4,7-8,11H2,(H,22,27). The van der Waals surface area contributed by atoms with Gasteiger partial charge in [-0.3, -0.25) is 4.79 Å². The van der Waals surface area contributed by atoms with Crippen molar-refractivity contribution in [2.24, 2.45) is 0 Å². The van der Waals surface area contributed by atoms with Crippen molar-refractivity contribution in [3.63, 3.8) is 0 Å². The Bertz CT molecular complexity index is 960. The molecule has 0 unspecified atom stereocenters. The third-order valence-corrected chi connectivity index (χ3v) is 5.03. The van der Waals surface area contributed by atoms with E-state index in [-0.39, 0.29) is 30.1 Å². The Hall–Kier alpha value is -2.84. The lowest BCUT2D eigenvalue weighted by Crippen LogP contribution is -2.34. The van der Waals surface area contributed by atoms with E-state index < -0.39 is 12.3 Å². The highest BCUT2D eigenvalue weighted by atomic mass is 19.3. The van der Waals surface area contributed by atoms with Crippen LogP contribution in [0.2, 0.25) is 0 Å². The minimum Gasteiger partial charge on any atom is -0.345 e. The van der Waals surface area contributed by atoms with Crippen molar-refractivity contribution >= 4 is 16.9 Å². The lowest BCUT2D eigenvalue weighted by atomic mass is 10.1. The predicted molar refractivity (Wildman–Crippen MR) is 97.0 cm³/mol. The van der Waals surface area contributed by atoms with Gasteiger partial charge in [-0.05, 0) is 25.0 Å². The van der Waals surface area contributed by atoms with E-state index in [0.717, 1.165) is 25.7 Å². The molecule has 148 valence electrons. The number of nitrogens with one attached hydrogen (secondary N) is 1. The number of carbonyl (C=O) groups excluding carboxylic acids is 1. The van der Waals surface area contributed by atoms with Gasteiger partial charge in [-0.15, -0.1) is 0 Å². The Morgan fingerprint density at radius 2 is 1.93 bits per heavy atom. The number of rotatable bonds is 5. The second-order valence-corrected chi connectivity index (χ2v) is 7.02. The van der Waals surface area contributed by atoms with Crippen LogP contribution in [0.4, 0.5) is 8.78 Å². The molecule has 1 saturated carbocycles. The van der Waals surface area contributed by atoms with Crippen LogP contribution in [-0.2, 0) is 6.54 Å². The maximum Gasteiger partial charge on any atom is 0.316 e. The lowest BCUT2D eigenvalue weighted by molar-refractivity contribution is 0.0889. The van der Waals surface area contributed by atoms with Crippen LogP contribution in [0, 0.1) is 0 Å². The first-order valence-electron chi connectivity index (χ1n) is 9.48. The number of imidazole rings is 1. The number of halogens is 2. The molecule has 0 saturated heterocycles. The van der Waals surface area contributed by atoms with Crippen LogP contribution in [-0.4, -0.2) is 31.6 Å². The van der Waals surface area contributed by atoms with Crippen LogP contribution < -0.4 is 5.32 Å². The summed E-state index contributed by atoms with van der Waals surface area (Å²) in [6.07, 6.45) is 3.67. The molecule has 2 aromatic heterocycles. The lowest BCUT2D eigenvalue weighted by Gasteiger charge is -2.14. The molecule has 1 aliphatic carbocycles. The fraction of sp³-hybridized carbons (Fsp3) is 0.474. The summed E-state index contributed by atoms with van der Waals surface area (Å²) in [5.74, 6) is -0.788. The summed E-state index contributed by atoms with van der Waals surface area (Å²) in [4.78, 5) is 20.5. The SMILES string of the molecule is O=C(NC1CCCCCC1)c1nc(Cn2c(C(F)F)nc3ccccc32)no1. The van der Waals surface area contributed by atoms with Gasteiger partial charge < -0.3 is 14.4 Å². The molecule has 0 atom stereocenters. The Morgan fingerprint density at radius 3 is 2.68 bits per heavy atom. The Labute approximate surface area is 160 Å². The second kappa shape index (κ2) is 8.04. The van der Waals surface area contributed by atoms with Gasteiger partial charge in [-0.1, -0.05) is 43.0 Å². The summed E-state index contributed by atoms with van der Waals surface area (Å²) in [6, 6.07) is 6.96. The quantitative estimate of drug-likeness (QED) is 0.670. The van der Waals surface area contributed by atoms with E-state index >= 15 is 0 Å². The molecule has 1 aromatic carbocycles. The first-order valence-corrected chi connectivity index (χ1v) is 9.48. The summed E-state index contributed by atoms with van der Waals surface area (Å²) in [7, 11) is 0. The van der Waals surface area contributed by atoms with Crippen LogP contribution in [0.25, 0.3) is 11.0 Å². The topological polar surface area (TPSA) is 85.8 Å². The van der Waals surface area contributed by atoms with E-state index in [0.29, 0.717) is 11.0 Å². The van der Waals surface area contributed by atoms with Gasteiger partial charge in [0, 0.05) is 6.04 Å². The first-order chi connectivity index (χ1) is 13.6. The Kier molecular flexibility index (Phi) is 5.31. The number of alkyl halides is 2. The van der Waals surface area contributed by atoms with E-state index in [2.05, 4.69) is 20.4 Å². The highest BCUT2D eigenvalue weighted by Crippen LogP contribution is 2.24. The maximum absolute atomic E-state index is 13.4. The summed E-state index contributed by atoms with van der Waals surface area (Å²) in [5.41, 5.74) is 1.01. The number of carbonyl (C=O) groups is 1. The molecule has 1 aliphatic rings. The number of fused-ring (bicyclic) bond motifs is 1. The van der Waals surface area contributed by atoms with Crippen molar-refractivity contribution < 1.29 is 18.1 Å². The van der Waals surface area contributed by atoms with E-state index in [9.17, 15) is 13.6 Å². The number of nitrogens with zero attached hydrogens (tertiary/aromatic N) is 4. The third kappa shape index (κ3) is 3.88. The molecular weight excluding hydrogens is 368 g/mol. The molecule has 4 rings (SSSR count). The van der Waals surface area contributed by atoms with E-state index in [4.69, 9.17) is 4.52 Å². The summed E-state index contributed by atoms with van der Waals surface area (Å²) in [6.45, 7) is -0.0552. The van der Waals surface area contributed by atoms with Crippen LogP contribution >= 0.6 is 0 Å². The molecule has 2 heterocycles. The normalized spacial score (nSPS) is 15.8. The molecule has 7 nitrogen and oxygen atoms in total. The molecule has 0 radical (unpaired) electrons. The van der Waals surface area contributed by atoms with Gasteiger partial charge in [0.1, 0.15) is 0 Å². The second-order valence-electron chi connectivity index (χ2n) is 7.02. The predicted octanol–water partition coefficient (Wildman–Crippen LogP) is 3.86. The number of hydrogen-bond donors (Lipinski definition) is 1. The van der Waals surface area contributed by atoms with Gasteiger partial charge in [-0.25, -0.2) is 13.8 Å². The Balaban J connectivity index is 1.51. The molecule has 0 spiro atoms. The van der Waals surface area contributed by atoms with E-state index in [1.807, 2.05) is 0 Å². The highest BCUT2D eigenvalue weighted by Gasteiger charge is 2.23. The van der Waals surface area contributed by atoms with Gasteiger partial charge in [0.2, 0.25) is 0 Å². The average Bonchev–Trinajstić information content (AvgIpc) is 3.21. The molecule has 1 fully saturated rings. The fourth-order valence-corrected chi connectivity index (χ4v) is 3.65. The maximum atomic E-state index is 13.4. The van der Waals surface area contributed by atoms with Crippen molar-refractivity contribution in [3.8, 4) is 0 Å². The molecule has 28 heavy (non-hydrogen) atoms. The van der Waals surface area contributed by atoms with Gasteiger partial charge >= 0.3 is 11.8 Å². The third-order valence-electron chi connectivity index (χ3n) is 5.03. The van der Waals surface area contributed by atoms with Crippen LogP contribution in [0.1, 0.15) is 67.3 Å². The highest BCUT2D eigenvalue weighted by molar-refractivity contribution is 5.89. The average molecular weight is 389 g/mol. The molecule has 0 aliphatic heterocycles. The van der Waals surface area contributed by atoms with Gasteiger partial charge in [0.25, 0.3) is 6.43 Å². The molecular formula is C19H21F2N5O2. The fourth-order valence-electron chi connectivity index (χ4n) is 3.65. The van der Waals surface area contributed by atoms with Crippen molar-refractivity contribution in [2.75, 3.05) is 0 Å². The minimum atomic E-state index is -2.74. The number of aromatic nitrogens is 4. The van der Waals surface area contributed by atoms with Gasteiger partial charge in [0.05, 0.1) is 17.6 Å². The molecule has 0 bridgehead atoms. The molecule has 1 amide bonds. The Morgan fingerprint density at radius 1 is 1.18 bits per heavy atom. The van der Waals surface area contributed by atoms with Gasteiger partial charge in [0.15, 0.2) is 11.6 Å². The van der Waals surface area contributed by atoms with Crippen molar-refractivity contribution in [2.45, 2.75) is 57.5 Å². The number of para-hydroxylation sites is 2. The van der Waals surface area contributed by atoms with Crippen molar-refractivity contribution in [3.05, 3.63) is 41.8 Å². The van der Waals surface area contributed by atoms with Crippen LogP contribution in [0.5, 0.6) is 0 Å². The summed E-state index contributed by atoms with van der Waals surface area (Å²) >= 11 is 0. The van der Waals surface area contributed by atoms with Crippen molar-refractivity contribution in [1.82, 2.24) is 25.0 Å². The molecule has 9 heteroatoms. The first kappa shape index (κ1) is 18.5. The number of benzene rings is 1. The van der Waals surface area contributed by atoms with Gasteiger partial charge in [-0.2, -0.15) is 4.98 Å². The zero-order valence-corrected chi connectivity index (χ0v) is 15.3.